The first-order valence-corrected chi connectivity index (χ1v) is 41.3. The van der Waals surface area contributed by atoms with Gasteiger partial charge in [0.25, 0.3) is 0 Å². The number of likely N-dealkylation sites (N-methyl/N-ethyl adjacent to an activating group) is 12. The van der Waals surface area contributed by atoms with Crippen LogP contribution < -0.4 is 16.0 Å². The second kappa shape index (κ2) is 56.9. The Morgan fingerprint density at radius 2 is 0.798 bits per heavy atom. The van der Waals surface area contributed by atoms with Gasteiger partial charge in [-0.1, -0.05) is 54.0 Å². The number of ether oxygens (including phenoxy) is 2. The molecule has 27 nitrogen and oxygen atoms in total. The minimum absolute atomic E-state index is 0.196. The first-order valence-electron chi connectivity index (χ1n) is 36.6. The molecule has 5 amide bonds. The van der Waals surface area contributed by atoms with Crippen molar-refractivity contribution in [3.63, 3.8) is 0 Å². The molecule has 2 rings (SSSR count). The molecule has 0 radical (unpaired) electrons. The molecular formula is C73H127N15O12S4. The van der Waals surface area contributed by atoms with Crippen LogP contribution in [0, 0.1) is 23.7 Å². The van der Waals surface area contributed by atoms with Gasteiger partial charge in [0.1, 0.15) is 40.6 Å². The van der Waals surface area contributed by atoms with E-state index in [1.807, 2.05) is 116 Å². The lowest BCUT2D eigenvalue weighted by molar-refractivity contribution is -0.144. The molecule has 0 fully saturated rings. The lowest BCUT2D eigenvalue weighted by Gasteiger charge is -2.28. The van der Waals surface area contributed by atoms with Crippen LogP contribution in [0.5, 0.6) is 0 Å². The summed E-state index contributed by atoms with van der Waals surface area (Å²) >= 11 is 0. The maximum Gasteiger partial charge on any atom is 0.307 e. The smallest absolute Gasteiger partial charge is 0.307 e. The number of Topliss-reactive ketones (excluding diaryl/α,β-unsaturated/α-hetero) is 3. The minimum Gasteiger partial charge on any atom is -0.465 e. The summed E-state index contributed by atoms with van der Waals surface area (Å²) in [6.45, 7) is 14.6. The maximum atomic E-state index is 15.2. The Balaban J connectivity index is 2.32. The van der Waals surface area contributed by atoms with Crippen LogP contribution in [0.4, 0.5) is 0 Å². The van der Waals surface area contributed by atoms with Gasteiger partial charge in [-0.15, -0.1) is 0 Å². The van der Waals surface area contributed by atoms with Crippen LogP contribution >= 0.6 is 43.2 Å². The van der Waals surface area contributed by atoms with Gasteiger partial charge in [-0.2, -0.15) is 0 Å². The number of nitrogens with zero attached hydrogens (tertiary/aromatic N) is 12. The Hall–Kier alpha value is -5.32. The van der Waals surface area contributed by atoms with Gasteiger partial charge >= 0.3 is 11.9 Å². The predicted molar refractivity (Wildman–Crippen MR) is 419 cm³/mol. The van der Waals surface area contributed by atoms with Crippen LogP contribution in [0.3, 0.4) is 0 Å². The molecule has 0 aromatic carbocycles. The molecule has 590 valence electrons. The Kier molecular flexibility index (Phi) is 51.8. The summed E-state index contributed by atoms with van der Waals surface area (Å²) < 4.78 is 10.9. The Labute approximate surface area is 637 Å². The molecule has 0 spiro atoms. The van der Waals surface area contributed by atoms with Gasteiger partial charge in [-0.3, -0.25) is 47.9 Å². The summed E-state index contributed by atoms with van der Waals surface area (Å²) in [5.74, 6) is -6.91. The summed E-state index contributed by atoms with van der Waals surface area (Å²) in [6.07, 6.45) is 3.26. The fourth-order valence-corrected chi connectivity index (χ4v) is 14.0. The number of aromatic nitrogens is 2. The SMILES string of the molecule is CCCCNC(=O)C(CC(=O)CC(CC(=O)C(CC(=O)CC(CC)C(=O)N(C)CCN(C)CCN(C)CCC(=O)OCCSSc1ccccn1)CC(=O)N(C)CCN(C)CCN(C)CCC(=O)OCCSSc1ccccn1)C(=O)N(C)CCN(C)CCNC)CC(=O)N(C)CCN(C)CCNC. The van der Waals surface area contributed by atoms with Gasteiger partial charge < -0.3 is 74.4 Å². The van der Waals surface area contributed by atoms with E-state index < -0.39 is 78.0 Å². The number of rotatable bonds is 62. The number of amides is 5. The molecule has 2 heterocycles. The average Bonchev–Trinajstić information content (AvgIpc) is 0.852. The fraction of sp³-hybridized carbons (Fsp3) is 0.726. The van der Waals surface area contributed by atoms with Crippen LogP contribution in [0.25, 0.3) is 0 Å². The Morgan fingerprint density at radius 1 is 0.423 bits per heavy atom. The van der Waals surface area contributed by atoms with Crippen molar-refractivity contribution in [2.45, 2.75) is 101 Å². The lowest BCUT2D eigenvalue weighted by Crippen LogP contribution is -2.42. The van der Waals surface area contributed by atoms with E-state index in [1.165, 1.54) is 31.4 Å². The highest BCUT2D eigenvalue weighted by atomic mass is 33.1. The molecule has 4 atom stereocenters. The molecule has 4 unspecified atom stereocenters. The monoisotopic (exact) mass is 1530 g/mol. The van der Waals surface area contributed by atoms with E-state index >= 15 is 4.79 Å². The number of carbonyl (C=O) groups excluding carboxylic acids is 10. The Bertz CT molecular complexity index is 2800. The van der Waals surface area contributed by atoms with Gasteiger partial charge in [-0.25, -0.2) is 9.97 Å². The van der Waals surface area contributed by atoms with Crippen molar-refractivity contribution in [1.82, 2.24) is 74.9 Å². The van der Waals surface area contributed by atoms with Crippen LogP contribution in [-0.2, 0) is 57.4 Å². The second-order valence-corrected chi connectivity index (χ2v) is 31.9. The highest BCUT2D eigenvalue weighted by Gasteiger charge is 2.36. The third-order valence-corrected chi connectivity index (χ3v) is 22.4. The maximum absolute atomic E-state index is 15.2. The first kappa shape index (κ1) is 94.8. The molecule has 2 aromatic heterocycles. The molecule has 0 aliphatic carbocycles. The van der Waals surface area contributed by atoms with Crippen LogP contribution in [0.1, 0.15) is 90.9 Å². The number of hydrogen-bond acceptors (Lipinski definition) is 26. The standard InChI is InChI=1S/C73H127N15O12S4/c1-15-17-26-78-71(96)60(57-68(93)86(12)43-39-81(7)33-29-74-3)53-63(90)54-61(73(98)88(14)45-41-82(8)34-30-75-4)55-64(91)59(56-67(92)85(11)44-40-83(9)37-35-79(5)31-24-69(94)99-47-49-101-103-65-22-18-20-27-76-65)52-62(89)51-58(16-2)72(97)87(13)46-42-84(10)38-36-80(6)32-25-70(95)100-48-50-102-104-66-23-19-21-28-77-66/h18-23,27-28,58-61,74-75H,15-17,24-26,29-57H2,1-14H3,(H,78,96). The van der Waals surface area contributed by atoms with E-state index in [2.05, 4.69) is 45.5 Å². The molecule has 2 aromatic rings. The van der Waals surface area contributed by atoms with E-state index in [4.69, 9.17) is 9.47 Å². The molecule has 0 saturated carbocycles. The summed E-state index contributed by atoms with van der Waals surface area (Å²) in [6, 6.07) is 11.4. The number of unbranched alkanes of at least 4 members (excludes halogenated alkanes) is 1. The summed E-state index contributed by atoms with van der Waals surface area (Å²) in [4.78, 5) is 167. The van der Waals surface area contributed by atoms with Gasteiger partial charge in [0.05, 0.1) is 24.7 Å². The quantitative estimate of drug-likeness (QED) is 0.0463. The molecule has 104 heavy (non-hydrogen) atoms. The van der Waals surface area contributed by atoms with E-state index in [9.17, 15) is 43.2 Å². The summed E-state index contributed by atoms with van der Waals surface area (Å²) in [5, 5.41) is 10.9. The number of nitrogens with one attached hydrogen (secondary N) is 3. The molecule has 0 aliphatic heterocycles. The van der Waals surface area contributed by atoms with Gasteiger partial charge in [0, 0.05) is 233 Å². The largest absolute Gasteiger partial charge is 0.465 e. The molecule has 0 bridgehead atoms. The number of pyridine rings is 2. The van der Waals surface area contributed by atoms with Crippen molar-refractivity contribution in [2.75, 3.05) is 234 Å². The van der Waals surface area contributed by atoms with Crippen molar-refractivity contribution in [2.24, 2.45) is 23.7 Å². The number of carbonyl (C=O) groups is 10. The summed E-state index contributed by atoms with van der Waals surface area (Å²) in [5.41, 5.74) is 0. The minimum atomic E-state index is -1.24. The highest BCUT2D eigenvalue weighted by molar-refractivity contribution is 8.77. The zero-order chi connectivity index (χ0) is 77.2. The fourth-order valence-electron chi connectivity index (χ4n) is 10.6. The van der Waals surface area contributed by atoms with Crippen molar-refractivity contribution < 1.29 is 57.4 Å². The van der Waals surface area contributed by atoms with Gasteiger partial charge in [0.15, 0.2) is 0 Å². The van der Waals surface area contributed by atoms with Crippen molar-refractivity contribution in [3.05, 3.63) is 48.8 Å². The van der Waals surface area contributed by atoms with Crippen LogP contribution in [0.15, 0.2) is 58.8 Å². The normalized spacial score (nSPS) is 12.7. The number of hydrogen-bond donors (Lipinski definition) is 3. The molecule has 0 saturated heterocycles. The zero-order valence-corrected chi connectivity index (χ0v) is 68.3. The first-order chi connectivity index (χ1) is 49.7. The molecule has 3 N–H and O–H groups in total. The molecule has 31 heteroatoms. The Morgan fingerprint density at radius 3 is 1.21 bits per heavy atom. The van der Waals surface area contributed by atoms with Gasteiger partial charge in [0.2, 0.25) is 29.5 Å². The molecular weight excluding hydrogens is 1410 g/mol. The van der Waals surface area contributed by atoms with Crippen molar-refractivity contribution in [3.8, 4) is 0 Å². The summed E-state index contributed by atoms with van der Waals surface area (Å²) in [7, 11) is 28.1. The second-order valence-electron chi connectivity index (χ2n) is 27.1. The van der Waals surface area contributed by atoms with Crippen LogP contribution in [0.2, 0.25) is 0 Å². The molecule has 0 aliphatic rings. The lowest BCUT2D eigenvalue weighted by atomic mass is 9.83. The third-order valence-electron chi connectivity index (χ3n) is 17.9. The van der Waals surface area contributed by atoms with Crippen molar-refractivity contribution in [1.29, 1.82) is 0 Å². The predicted octanol–water partition coefficient (Wildman–Crippen LogP) is 4.62. The topological polar surface area (TPSA) is 283 Å². The average molecular weight is 1540 g/mol. The number of ketones is 3. The zero-order valence-electron chi connectivity index (χ0n) is 65.1. The highest BCUT2D eigenvalue weighted by Crippen LogP contribution is 2.30. The van der Waals surface area contributed by atoms with Gasteiger partial charge in [-0.05, 0) is 115 Å². The van der Waals surface area contributed by atoms with E-state index in [-0.39, 0.29) is 75.4 Å². The van der Waals surface area contributed by atoms with E-state index in [0.29, 0.717) is 136 Å². The third kappa shape index (κ3) is 44.1. The van der Waals surface area contributed by atoms with E-state index in [0.717, 1.165) is 29.6 Å². The number of esters is 2. The van der Waals surface area contributed by atoms with Crippen LogP contribution in [-0.4, -0.2) is 351 Å². The van der Waals surface area contributed by atoms with E-state index in [1.54, 1.807) is 72.0 Å². The van der Waals surface area contributed by atoms with Crippen molar-refractivity contribution >= 4 is 102 Å².